The minimum atomic E-state index is -4.17. The second kappa shape index (κ2) is 8.79. The van der Waals surface area contributed by atoms with Crippen molar-refractivity contribution in [3.05, 3.63) is 48.1 Å². The quantitative estimate of drug-likeness (QED) is 0.472. The van der Waals surface area contributed by atoms with Crippen LogP contribution in [0.2, 0.25) is 0 Å². The molecule has 3 aromatic rings. The molecule has 2 fully saturated rings. The first-order valence-electron chi connectivity index (χ1n) is 11.2. The Bertz CT molecular complexity index is 1330. The number of fused-ring (bicyclic) bond motifs is 1. The van der Waals surface area contributed by atoms with Gasteiger partial charge in [0.1, 0.15) is 29.1 Å². The Balaban J connectivity index is 1.32. The minimum Gasteiger partial charge on any atom is -0.385 e. The van der Waals surface area contributed by atoms with Gasteiger partial charge in [0.25, 0.3) is 0 Å². The number of phosphoric ester groups is 1. The number of anilines is 1. The highest BCUT2D eigenvalue weighted by molar-refractivity contribution is 7.48. The number of halogens is 2. The first kappa shape index (κ1) is 25.1. The van der Waals surface area contributed by atoms with E-state index in [4.69, 9.17) is 24.0 Å². The van der Waals surface area contributed by atoms with Crippen LogP contribution >= 0.6 is 7.82 Å². The Labute approximate surface area is 205 Å². The van der Waals surface area contributed by atoms with Crippen molar-refractivity contribution < 1.29 is 36.8 Å². The topological polar surface area (TPSA) is 144 Å². The molecule has 11 nitrogen and oxygen atoms in total. The number of nitrogens with zero attached hydrogens (tertiary/aromatic N) is 4. The van der Waals surface area contributed by atoms with Crippen molar-refractivity contribution in [2.45, 2.75) is 63.3 Å². The van der Waals surface area contributed by atoms with Gasteiger partial charge in [-0.15, -0.1) is 0 Å². The molecule has 1 aromatic carbocycles. The average molecular weight is 525 g/mol. The lowest BCUT2D eigenvalue weighted by atomic mass is 9.96. The fourth-order valence-electron chi connectivity index (χ4n) is 4.62. The number of phosphoric acid groups is 1. The number of benzene rings is 1. The lowest BCUT2D eigenvalue weighted by Crippen LogP contribution is -2.33. The normalized spacial score (nSPS) is 32.2. The molecule has 0 bridgehead atoms. The summed E-state index contributed by atoms with van der Waals surface area (Å²) in [6, 6.07) is 2.98. The molecule has 2 aliphatic rings. The van der Waals surface area contributed by atoms with Gasteiger partial charge in [-0.2, -0.15) is 0 Å². The molecule has 2 saturated heterocycles. The Morgan fingerprint density at radius 1 is 1.19 bits per heavy atom. The van der Waals surface area contributed by atoms with Crippen molar-refractivity contribution >= 4 is 24.8 Å². The van der Waals surface area contributed by atoms with E-state index < -0.39 is 49.1 Å². The van der Waals surface area contributed by atoms with Gasteiger partial charge in [0.2, 0.25) is 0 Å². The van der Waals surface area contributed by atoms with E-state index in [1.165, 1.54) is 12.7 Å². The Morgan fingerprint density at radius 3 is 2.64 bits per heavy atom. The van der Waals surface area contributed by atoms with Gasteiger partial charge in [-0.1, -0.05) is 0 Å². The van der Waals surface area contributed by atoms with Crippen LogP contribution in [0.5, 0.6) is 0 Å². The van der Waals surface area contributed by atoms with E-state index in [9.17, 15) is 18.5 Å². The molecule has 2 aromatic heterocycles. The third-order valence-electron chi connectivity index (χ3n) is 6.10. The third kappa shape index (κ3) is 4.86. The summed E-state index contributed by atoms with van der Waals surface area (Å²) in [4.78, 5) is 12.3. The minimum absolute atomic E-state index is 0.125. The lowest BCUT2D eigenvalue weighted by molar-refractivity contribution is -0.0925. The number of nitrogen functional groups attached to an aromatic ring is 1. The van der Waals surface area contributed by atoms with Crippen LogP contribution in [-0.2, 0) is 22.9 Å². The van der Waals surface area contributed by atoms with Gasteiger partial charge in [-0.25, -0.2) is 28.3 Å². The van der Waals surface area contributed by atoms with Gasteiger partial charge in [0, 0.05) is 18.9 Å². The summed E-state index contributed by atoms with van der Waals surface area (Å²) in [6.45, 7) is 4.70. The predicted molar refractivity (Wildman–Crippen MR) is 122 cm³/mol. The second-order valence-corrected chi connectivity index (χ2v) is 11.4. The molecule has 5 atom stereocenters. The molecule has 36 heavy (non-hydrogen) atoms. The van der Waals surface area contributed by atoms with Crippen LogP contribution in [-0.4, -0.2) is 48.5 Å². The van der Waals surface area contributed by atoms with Crippen molar-refractivity contribution in [1.29, 1.82) is 0 Å². The van der Waals surface area contributed by atoms with Crippen LogP contribution in [0.15, 0.2) is 30.9 Å². The molecule has 0 amide bonds. The standard InChI is InChI=1S/C22H26F2N5O6P/c1-21(2)8-16(12-4-13(23)6-14(24)5-12)34-36(31,35-21)32-9-15-7-22(3,30)20(33-15)29-11-28-17-18(25)26-10-27-19(17)29/h4-6,10-11,15-16,20,30H,7-9H2,1-3H3,(H2,25,26,27)/t15-,16-,20+,22+,36+/m0/s1. The van der Waals surface area contributed by atoms with Crippen molar-refractivity contribution in [3.8, 4) is 0 Å². The fourth-order valence-corrected chi connectivity index (χ4v) is 6.31. The molecule has 194 valence electrons. The highest BCUT2D eigenvalue weighted by Crippen LogP contribution is 2.62. The zero-order chi connectivity index (χ0) is 25.9. The summed E-state index contributed by atoms with van der Waals surface area (Å²) in [7, 11) is -4.17. The summed E-state index contributed by atoms with van der Waals surface area (Å²) in [5.74, 6) is -1.36. The number of nitrogens with two attached hydrogens (primary N) is 1. The van der Waals surface area contributed by atoms with Gasteiger partial charge in [-0.3, -0.25) is 18.1 Å². The highest BCUT2D eigenvalue weighted by atomic mass is 31.2. The van der Waals surface area contributed by atoms with Gasteiger partial charge < -0.3 is 15.6 Å². The maximum atomic E-state index is 13.8. The third-order valence-corrected chi connectivity index (χ3v) is 7.80. The SMILES string of the molecule is CC1(C)C[C@@H](c2cc(F)cc(F)c2)O[P@@](=O)(OC[C@@H]2C[C@@](C)(O)[C@H](n3cnc4c(N)ncnc43)O2)O1. The van der Waals surface area contributed by atoms with E-state index in [1.807, 2.05) is 0 Å². The Kier molecular flexibility index (Phi) is 6.13. The monoisotopic (exact) mass is 525 g/mol. The van der Waals surface area contributed by atoms with Gasteiger partial charge in [0.15, 0.2) is 17.7 Å². The number of ether oxygens (including phenoxy) is 1. The van der Waals surface area contributed by atoms with Crippen LogP contribution in [0.3, 0.4) is 0 Å². The largest absolute Gasteiger partial charge is 0.475 e. The van der Waals surface area contributed by atoms with Crippen molar-refractivity contribution in [1.82, 2.24) is 19.5 Å². The van der Waals surface area contributed by atoms with E-state index in [2.05, 4.69) is 15.0 Å². The summed E-state index contributed by atoms with van der Waals surface area (Å²) >= 11 is 0. The smallest absolute Gasteiger partial charge is 0.385 e. The van der Waals surface area contributed by atoms with Crippen molar-refractivity contribution in [3.63, 3.8) is 0 Å². The Hall–Kier alpha value is -2.54. The number of rotatable bonds is 5. The van der Waals surface area contributed by atoms with Gasteiger partial charge in [0.05, 0.1) is 30.7 Å². The molecule has 0 aliphatic carbocycles. The second-order valence-electron chi connectivity index (χ2n) is 9.85. The van der Waals surface area contributed by atoms with Crippen molar-refractivity contribution in [2.75, 3.05) is 12.3 Å². The van der Waals surface area contributed by atoms with E-state index in [-0.39, 0.29) is 30.8 Å². The van der Waals surface area contributed by atoms with Gasteiger partial charge in [-0.05, 0) is 38.5 Å². The summed E-state index contributed by atoms with van der Waals surface area (Å²) in [6.07, 6.45) is 0.532. The number of imidazole rings is 1. The molecular formula is C22H26F2N5O6P. The number of hydrogen-bond acceptors (Lipinski definition) is 10. The number of aliphatic hydroxyl groups is 1. The molecule has 2 aliphatic heterocycles. The first-order valence-corrected chi connectivity index (χ1v) is 12.7. The summed E-state index contributed by atoms with van der Waals surface area (Å²) < 4.78 is 65.3. The zero-order valence-corrected chi connectivity index (χ0v) is 20.7. The van der Waals surface area contributed by atoms with E-state index in [1.54, 1.807) is 25.3 Å². The molecule has 4 heterocycles. The molecular weight excluding hydrogens is 499 g/mol. The van der Waals surface area contributed by atoms with E-state index >= 15 is 0 Å². The molecule has 3 N–H and O–H groups in total. The van der Waals surface area contributed by atoms with Crippen LogP contribution in [0.4, 0.5) is 14.6 Å². The van der Waals surface area contributed by atoms with Crippen LogP contribution in [0.1, 0.15) is 51.5 Å². The maximum Gasteiger partial charge on any atom is 0.475 e. The van der Waals surface area contributed by atoms with Crippen molar-refractivity contribution in [2.24, 2.45) is 0 Å². The highest BCUT2D eigenvalue weighted by Gasteiger charge is 2.49. The molecule has 5 rings (SSSR count). The molecule has 0 radical (unpaired) electrons. The molecule has 0 unspecified atom stereocenters. The summed E-state index contributed by atoms with van der Waals surface area (Å²) in [5, 5.41) is 11.0. The first-order chi connectivity index (χ1) is 16.8. The Morgan fingerprint density at radius 2 is 1.92 bits per heavy atom. The molecule has 14 heteroatoms. The number of hydrogen-bond donors (Lipinski definition) is 2. The number of aromatic nitrogens is 4. The lowest BCUT2D eigenvalue weighted by Gasteiger charge is -2.39. The predicted octanol–water partition coefficient (Wildman–Crippen LogP) is 3.81. The van der Waals surface area contributed by atoms with Crippen LogP contribution < -0.4 is 5.73 Å². The maximum absolute atomic E-state index is 13.8. The molecule has 0 spiro atoms. The van der Waals surface area contributed by atoms with E-state index in [0.717, 1.165) is 18.2 Å². The fraction of sp³-hybridized carbons (Fsp3) is 0.500. The molecule has 0 saturated carbocycles. The summed E-state index contributed by atoms with van der Waals surface area (Å²) in [5.41, 5.74) is 4.45. The van der Waals surface area contributed by atoms with Gasteiger partial charge >= 0.3 is 7.82 Å². The van der Waals surface area contributed by atoms with Crippen LogP contribution in [0, 0.1) is 11.6 Å². The zero-order valence-electron chi connectivity index (χ0n) is 19.8. The average Bonchev–Trinajstić information content (AvgIpc) is 3.31. The van der Waals surface area contributed by atoms with Crippen LogP contribution in [0.25, 0.3) is 11.2 Å². The van der Waals surface area contributed by atoms with E-state index in [0.29, 0.717) is 11.2 Å².